The molecule has 128 valence electrons. The first kappa shape index (κ1) is 15.8. The van der Waals surface area contributed by atoms with Crippen molar-refractivity contribution in [1.29, 1.82) is 0 Å². The fraction of sp³-hybridized carbons (Fsp3) is 0.235. The SMILES string of the molecule is Cc1ccc(S(=O)(=O)Nc2cccc(-c3nnnn3C3CC3)c2)cc1. The van der Waals surface area contributed by atoms with Gasteiger partial charge in [0.2, 0.25) is 0 Å². The molecule has 2 aromatic carbocycles. The number of benzene rings is 2. The van der Waals surface area contributed by atoms with Gasteiger partial charge in [0.15, 0.2) is 5.82 Å². The normalized spacial score (nSPS) is 14.4. The van der Waals surface area contributed by atoms with Crippen molar-refractivity contribution >= 4 is 15.7 Å². The minimum Gasteiger partial charge on any atom is -0.280 e. The Morgan fingerprint density at radius 3 is 2.60 bits per heavy atom. The smallest absolute Gasteiger partial charge is 0.261 e. The Hall–Kier alpha value is -2.74. The maximum absolute atomic E-state index is 12.5. The number of hydrogen-bond donors (Lipinski definition) is 1. The Bertz CT molecular complexity index is 1010. The lowest BCUT2D eigenvalue weighted by Crippen LogP contribution is -2.13. The van der Waals surface area contributed by atoms with E-state index in [1.807, 2.05) is 13.0 Å². The first-order valence-corrected chi connectivity index (χ1v) is 9.49. The average molecular weight is 355 g/mol. The van der Waals surface area contributed by atoms with E-state index in [1.54, 1.807) is 47.1 Å². The maximum Gasteiger partial charge on any atom is 0.261 e. The van der Waals surface area contributed by atoms with Crippen molar-refractivity contribution in [2.75, 3.05) is 4.72 Å². The molecule has 1 aliphatic rings. The number of aryl methyl sites for hydroxylation is 1. The third-order valence-corrected chi connectivity index (χ3v) is 5.49. The fourth-order valence-corrected chi connectivity index (χ4v) is 3.65. The van der Waals surface area contributed by atoms with Gasteiger partial charge < -0.3 is 0 Å². The fourth-order valence-electron chi connectivity index (χ4n) is 2.60. The van der Waals surface area contributed by atoms with Crippen LogP contribution in [0.15, 0.2) is 53.4 Å². The molecule has 1 saturated carbocycles. The number of nitrogens with zero attached hydrogens (tertiary/aromatic N) is 4. The molecule has 7 nitrogen and oxygen atoms in total. The van der Waals surface area contributed by atoms with Gasteiger partial charge in [0.1, 0.15) is 0 Å². The molecule has 0 unspecified atom stereocenters. The summed E-state index contributed by atoms with van der Waals surface area (Å²) in [5.74, 6) is 0.652. The zero-order valence-electron chi connectivity index (χ0n) is 13.6. The van der Waals surface area contributed by atoms with Crippen LogP contribution in [0.4, 0.5) is 5.69 Å². The average Bonchev–Trinajstić information content (AvgIpc) is 3.32. The second-order valence-electron chi connectivity index (χ2n) is 6.18. The van der Waals surface area contributed by atoms with Crippen LogP contribution in [0.5, 0.6) is 0 Å². The number of sulfonamides is 1. The van der Waals surface area contributed by atoms with Crippen LogP contribution < -0.4 is 4.72 Å². The Balaban J connectivity index is 1.63. The zero-order valence-corrected chi connectivity index (χ0v) is 14.4. The number of nitrogens with one attached hydrogen (secondary N) is 1. The van der Waals surface area contributed by atoms with E-state index in [0.717, 1.165) is 24.0 Å². The van der Waals surface area contributed by atoms with Crippen molar-refractivity contribution < 1.29 is 8.42 Å². The second-order valence-corrected chi connectivity index (χ2v) is 7.86. The summed E-state index contributed by atoms with van der Waals surface area (Å²) >= 11 is 0. The van der Waals surface area contributed by atoms with Crippen LogP contribution >= 0.6 is 0 Å². The molecule has 1 aliphatic carbocycles. The van der Waals surface area contributed by atoms with E-state index in [9.17, 15) is 8.42 Å². The molecule has 1 N–H and O–H groups in total. The predicted octanol–water partition coefficient (Wildman–Crippen LogP) is 2.78. The van der Waals surface area contributed by atoms with E-state index in [2.05, 4.69) is 20.2 Å². The first-order valence-electron chi connectivity index (χ1n) is 8.01. The molecule has 4 rings (SSSR count). The van der Waals surface area contributed by atoms with Crippen LogP contribution in [-0.4, -0.2) is 28.6 Å². The van der Waals surface area contributed by atoms with Crippen molar-refractivity contribution in [3.8, 4) is 11.4 Å². The molecule has 1 fully saturated rings. The highest BCUT2D eigenvalue weighted by atomic mass is 32.2. The topological polar surface area (TPSA) is 89.8 Å². The molecule has 8 heteroatoms. The quantitative estimate of drug-likeness (QED) is 0.760. The molecule has 0 aliphatic heterocycles. The first-order chi connectivity index (χ1) is 12.0. The van der Waals surface area contributed by atoms with E-state index < -0.39 is 10.0 Å². The lowest BCUT2D eigenvalue weighted by Gasteiger charge is -2.10. The van der Waals surface area contributed by atoms with Crippen molar-refractivity contribution in [2.24, 2.45) is 0 Å². The minimum atomic E-state index is -3.64. The lowest BCUT2D eigenvalue weighted by molar-refractivity contribution is 0.601. The summed E-state index contributed by atoms with van der Waals surface area (Å²) in [5, 5.41) is 11.9. The Morgan fingerprint density at radius 2 is 1.88 bits per heavy atom. The number of rotatable bonds is 5. The molecule has 1 aromatic heterocycles. The van der Waals surface area contributed by atoms with Gasteiger partial charge in [0.05, 0.1) is 10.9 Å². The summed E-state index contributed by atoms with van der Waals surface area (Å²) in [7, 11) is -3.64. The molecular weight excluding hydrogens is 338 g/mol. The highest BCUT2D eigenvalue weighted by molar-refractivity contribution is 7.92. The molecule has 0 atom stereocenters. The Morgan fingerprint density at radius 1 is 1.12 bits per heavy atom. The summed E-state index contributed by atoms with van der Waals surface area (Å²) in [4.78, 5) is 0.228. The molecule has 0 amide bonds. The Labute approximate surface area is 145 Å². The van der Waals surface area contributed by atoms with Gasteiger partial charge in [-0.3, -0.25) is 4.72 Å². The highest BCUT2D eigenvalue weighted by Gasteiger charge is 2.28. The monoisotopic (exact) mass is 355 g/mol. The number of tetrazole rings is 1. The number of hydrogen-bond acceptors (Lipinski definition) is 5. The van der Waals surface area contributed by atoms with Crippen LogP contribution in [0.25, 0.3) is 11.4 Å². The largest absolute Gasteiger partial charge is 0.280 e. The van der Waals surface area contributed by atoms with Gasteiger partial charge in [-0.05, 0) is 54.5 Å². The zero-order chi connectivity index (χ0) is 17.4. The number of aromatic nitrogens is 4. The summed E-state index contributed by atoms with van der Waals surface area (Å²) in [5.41, 5.74) is 2.26. The van der Waals surface area contributed by atoms with Crippen LogP contribution in [0, 0.1) is 6.92 Å². The van der Waals surface area contributed by atoms with Gasteiger partial charge in [0.25, 0.3) is 10.0 Å². The van der Waals surface area contributed by atoms with Gasteiger partial charge in [0, 0.05) is 11.3 Å². The van der Waals surface area contributed by atoms with Crippen LogP contribution in [0.3, 0.4) is 0 Å². The van der Waals surface area contributed by atoms with Crippen LogP contribution in [0.2, 0.25) is 0 Å². The number of anilines is 1. The second kappa shape index (κ2) is 5.96. The summed E-state index contributed by atoms with van der Waals surface area (Å²) in [6.45, 7) is 1.91. The predicted molar refractivity (Wildman–Crippen MR) is 93.5 cm³/mol. The van der Waals surface area contributed by atoms with Gasteiger partial charge >= 0.3 is 0 Å². The molecular formula is C17H17N5O2S. The molecule has 0 saturated heterocycles. The molecule has 1 heterocycles. The lowest BCUT2D eigenvalue weighted by atomic mass is 10.2. The Kier molecular flexibility index (Phi) is 3.76. The maximum atomic E-state index is 12.5. The molecule has 0 radical (unpaired) electrons. The molecule has 0 spiro atoms. The van der Waals surface area contributed by atoms with E-state index >= 15 is 0 Å². The molecule has 3 aromatic rings. The van der Waals surface area contributed by atoms with Crippen LogP contribution in [-0.2, 0) is 10.0 Å². The standard InChI is InChI=1S/C17H17N5O2S/c1-12-5-9-16(10-6-12)25(23,24)19-14-4-2-3-13(11-14)17-18-20-21-22(17)15-7-8-15/h2-6,9-11,15,19H,7-8H2,1H3. The van der Waals surface area contributed by atoms with E-state index in [0.29, 0.717) is 17.6 Å². The summed E-state index contributed by atoms with van der Waals surface area (Å²) in [6.07, 6.45) is 2.13. The van der Waals surface area contributed by atoms with Gasteiger partial charge in [-0.1, -0.05) is 29.8 Å². The van der Waals surface area contributed by atoms with E-state index in [-0.39, 0.29) is 4.90 Å². The van der Waals surface area contributed by atoms with Crippen molar-refractivity contribution in [3.63, 3.8) is 0 Å². The van der Waals surface area contributed by atoms with E-state index in [4.69, 9.17) is 0 Å². The summed E-state index contributed by atoms with van der Waals surface area (Å²) in [6, 6.07) is 14.2. The van der Waals surface area contributed by atoms with Crippen molar-refractivity contribution in [1.82, 2.24) is 20.2 Å². The molecule has 0 bridgehead atoms. The third kappa shape index (κ3) is 3.25. The van der Waals surface area contributed by atoms with Crippen LogP contribution in [0.1, 0.15) is 24.4 Å². The minimum absolute atomic E-state index is 0.228. The van der Waals surface area contributed by atoms with Gasteiger partial charge in [-0.25, -0.2) is 13.1 Å². The van der Waals surface area contributed by atoms with Crippen molar-refractivity contribution in [3.05, 3.63) is 54.1 Å². The third-order valence-electron chi connectivity index (χ3n) is 4.09. The van der Waals surface area contributed by atoms with Gasteiger partial charge in [-0.2, -0.15) is 0 Å². The van der Waals surface area contributed by atoms with E-state index in [1.165, 1.54) is 0 Å². The molecule has 25 heavy (non-hydrogen) atoms. The van der Waals surface area contributed by atoms with Gasteiger partial charge in [-0.15, -0.1) is 5.10 Å². The van der Waals surface area contributed by atoms with Crippen molar-refractivity contribution in [2.45, 2.75) is 30.7 Å². The highest BCUT2D eigenvalue weighted by Crippen LogP contribution is 2.36. The summed E-state index contributed by atoms with van der Waals surface area (Å²) < 4.78 is 29.5.